The molecular formula is C18H24N2O3. The van der Waals surface area contributed by atoms with Crippen LogP contribution in [0, 0.1) is 0 Å². The van der Waals surface area contributed by atoms with E-state index >= 15 is 0 Å². The first kappa shape index (κ1) is 15.8. The summed E-state index contributed by atoms with van der Waals surface area (Å²) in [7, 11) is 0. The summed E-state index contributed by atoms with van der Waals surface area (Å²) in [5.74, 6) is 0.0123. The molecule has 5 nitrogen and oxygen atoms in total. The Morgan fingerprint density at radius 3 is 2.65 bits per heavy atom. The first-order valence-corrected chi connectivity index (χ1v) is 8.26. The molecule has 1 saturated heterocycles. The minimum absolute atomic E-state index is 0.0123. The quantitative estimate of drug-likeness (QED) is 0.800. The van der Waals surface area contributed by atoms with E-state index in [0.717, 1.165) is 18.5 Å². The van der Waals surface area contributed by atoms with Crippen molar-refractivity contribution < 1.29 is 14.3 Å². The van der Waals surface area contributed by atoms with Gasteiger partial charge >= 0.3 is 6.09 Å². The molecule has 0 spiro atoms. The summed E-state index contributed by atoms with van der Waals surface area (Å²) in [6.07, 6.45) is 2.03. The van der Waals surface area contributed by atoms with Crippen molar-refractivity contribution in [2.24, 2.45) is 0 Å². The average molecular weight is 316 g/mol. The van der Waals surface area contributed by atoms with Crippen molar-refractivity contribution in [1.82, 2.24) is 4.90 Å². The van der Waals surface area contributed by atoms with Crippen LogP contribution < -0.4 is 4.90 Å². The molecule has 0 radical (unpaired) electrons. The van der Waals surface area contributed by atoms with Crippen LogP contribution in [0.1, 0.15) is 39.2 Å². The standard InChI is InChI=1S/C18H24N2O3/c1-18(2,3)23-17(22)20-11-6-9-15(20)16(21)19-12-10-13-7-4-5-8-14(13)19/h4-5,7-8,15H,6,9-12H2,1-3H3/t15-/m0/s1. The van der Waals surface area contributed by atoms with Gasteiger partial charge in [-0.05, 0) is 51.7 Å². The first-order chi connectivity index (χ1) is 10.9. The Morgan fingerprint density at radius 2 is 1.91 bits per heavy atom. The number of amides is 2. The predicted molar refractivity (Wildman–Crippen MR) is 88.5 cm³/mol. The lowest BCUT2D eigenvalue weighted by Gasteiger charge is -2.30. The van der Waals surface area contributed by atoms with Crippen molar-refractivity contribution >= 4 is 17.7 Å². The lowest BCUT2D eigenvalue weighted by molar-refractivity contribution is -0.122. The summed E-state index contributed by atoms with van der Waals surface area (Å²) >= 11 is 0. The molecule has 124 valence electrons. The van der Waals surface area contributed by atoms with E-state index in [1.165, 1.54) is 5.56 Å². The Hall–Kier alpha value is -2.04. The SMILES string of the molecule is CC(C)(C)OC(=O)N1CCC[C@H]1C(=O)N1CCc2ccccc21. The van der Waals surface area contributed by atoms with Crippen molar-refractivity contribution in [1.29, 1.82) is 0 Å². The number of nitrogens with zero attached hydrogens (tertiary/aromatic N) is 2. The highest BCUT2D eigenvalue weighted by Gasteiger charge is 2.40. The minimum Gasteiger partial charge on any atom is -0.444 e. The third-order valence-electron chi connectivity index (χ3n) is 4.32. The number of benzene rings is 1. The molecule has 1 aromatic carbocycles. The molecule has 2 aliphatic rings. The monoisotopic (exact) mass is 316 g/mol. The molecule has 23 heavy (non-hydrogen) atoms. The number of carbonyl (C=O) groups is 2. The second-order valence-corrected chi connectivity index (χ2v) is 7.20. The van der Waals surface area contributed by atoms with Gasteiger partial charge in [0.25, 0.3) is 0 Å². The number of hydrogen-bond donors (Lipinski definition) is 0. The van der Waals surface area contributed by atoms with E-state index in [0.29, 0.717) is 19.5 Å². The number of fused-ring (bicyclic) bond motifs is 1. The van der Waals surface area contributed by atoms with Crippen LogP contribution in [0.4, 0.5) is 10.5 Å². The molecule has 0 bridgehead atoms. The highest BCUT2D eigenvalue weighted by Crippen LogP contribution is 2.31. The van der Waals surface area contributed by atoms with E-state index in [-0.39, 0.29) is 12.0 Å². The molecule has 3 rings (SSSR count). The maximum absolute atomic E-state index is 13.0. The number of carbonyl (C=O) groups excluding carboxylic acids is 2. The molecule has 0 N–H and O–H groups in total. The van der Waals surface area contributed by atoms with Crippen LogP contribution in [-0.4, -0.2) is 41.6 Å². The Labute approximate surface area is 137 Å². The molecule has 2 amide bonds. The maximum Gasteiger partial charge on any atom is 0.410 e. The summed E-state index contributed by atoms with van der Waals surface area (Å²) in [6.45, 7) is 6.80. The van der Waals surface area contributed by atoms with Crippen molar-refractivity contribution in [3.63, 3.8) is 0 Å². The van der Waals surface area contributed by atoms with Gasteiger partial charge in [-0.1, -0.05) is 18.2 Å². The third-order valence-corrected chi connectivity index (χ3v) is 4.32. The summed E-state index contributed by atoms with van der Waals surface area (Å²) in [4.78, 5) is 28.8. The molecule has 1 fully saturated rings. The normalized spacial score (nSPS) is 20.6. The zero-order chi connectivity index (χ0) is 16.6. The van der Waals surface area contributed by atoms with Crippen molar-refractivity contribution in [3.05, 3.63) is 29.8 Å². The first-order valence-electron chi connectivity index (χ1n) is 8.26. The van der Waals surface area contributed by atoms with Gasteiger partial charge < -0.3 is 9.64 Å². The molecule has 1 aromatic rings. The second kappa shape index (κ2) is 5.87. The van der Waals surface area contributed by atoms with Crippen molar-refractivity contribution in [3.8, 4) is 0 Å². The topological polar surface area (TPSA) is 49.9 Å². The van der Waals surface area contributed by atoms with Crippen LogP contribution in [0.5, 0.6) is 0 Å². The molecule has 0 aromatic heterocycles. The van der Waals surface area contributed by atoms with Gasteiger partial charge in [-0.2, -0.15) is 0 Å². The number of ether oxygens (including phenoxy) is 1. The van der Waals surface area contributed by atoms with Crippen LogP contribution in [0.25, 0.3) is 0 Å². The fourth-order valence-corrected chi connectivity index (χ4v) is 3.31. The predicted octanol–water partition coefficient (Wildman–Crippen LogP) is 2.98. The van der Waals surface area contributed by atoms with Gasteiger partial charge in [0, 0.05) is 18.8 Å². The van der Waals surface area contributed by atoms with Crippen molar-refractivity contribution in [2.45, 2.75) is 51.7 Å². The molecule has 0 unspecified atom stereocenters. The second-order valence-electron chi connectivity index (χ2n) is 7.20. The lowest BCUT2D eigenvalue weighted by Crippen LogP contribution is -2.48. The largest absolute Gasteiger partial charge is 0.444 e. The minimum atomic E-state index is -0.548. The van der Waals surface area contributed by atoms with Crippen LogP contribution >= 0.6 is 0 Å². The molecule has 2 heterocycles. The molecule has 5 heteroatoms. The Kier molecular flexibility index (Phi) is 4.04. The molecular weight excluding hydrogens is 292 g/mol. The highest BCUT2D eigenvalue weighted by atomic mass is 16.6. The molecule has 0 saturated carbocycles. The Morgan fingerprint density at radius 1 is 1.17 bits per heavy atom. The fraction of sp³-hybridized carbons (Fsp3) is 0.556. The highest BCUT2D eigenvalue weighted by molar-refractivity contribution is 6.00. The summed E-state index contributed by atoms with van der Waals surface area (Å²) < 4.78 is 5.45. The van der Waals surface area contributed by atoms with E-state index in [1.807, 2.05) is 43.9 Å². The van der Waals surface area contributed by atoms with Crippen LogP contribution in [0.3, 0.4) is 0 Å². The average Bonchev–Trinajstić information content (AvgIpc) is 3.12. The number of rotatable bonds is 1. The van der Waals surface area contributed by atoms with Crippen LogP contribution in [0.2, 0.25) is 0 Å². The zero-order valence-corrected chi connectivity index (χ0v) is 14.0. The van der Waals surface area contributed by atoms with E-state index in [9.17, 15) is 9.59 Å². The van der Waals surface area contributed by atoms with Crippen molar-refractivity contribution in [2.75, 3.05) is 18.0 Å². The molecule has 1 atom stereocenters. The van der Waals surface area contributed by atoms with Gasteiger partial charge in [0.05, 0.1) is 0 Å². The van der Waals surface area contributed by atoms with Gasteiger partial charge in [-0.15, -0.1) is 0 Å². The van der Waals surface area contributed by atoms with Gasteiger partial charge in [-0.3, -0.25) is 9.69 Å². The van der Waals surface area contributed by atoms with Gasteiger partial charge in [0.2, 0.25) is 5.91 Å². The van der Waals surface area contributed by atoms with E-state index in [4.69, 9.17) is 4.74 Å². The maximum atomic E-state index is 13.0. The van der Waals surface area contributed by atoms with Gasteiger partial charge in [0.15, 0.2) is 0 Å². The van der Waals surface area contributed by atoms with Crippen LogP contribution in [0.15, 0.2) is 24.3 Å². The van der Waals surface area contributed by atoms with Crippen LogP contribution in [-0.2, 0) is 16.0 Å². The molecule has 2 aliphatic heterocycles. The number of para-hydroxylation sites is 1. The Bertz CT molecular complexity index is 621. The number of anilines is 1. The smallest absolute Gasteiger partial charge is 0.410 e. The summed E-state index contributed by atoms with van der Waals surface area (Å²) in [6, 6.07) is 7.58. The molecule has 0 aliphatic carbocycles. The summed E-state index contributed by atoms with van der Waals surface area (Å²) in [5, 5.41) is 0. The lowest BCUT2D eigenvalue weighted by atomic mass is 10.1. The zero-order valence-electron chi connectivity index (χ0n) is 14.0. The third kappa shape index (κ3) is 3.19. The van der Waals surface area contributed by atoms with E-state index in [1.54, 1.807) is 4.90 Å². The number of likely N-dealkylation sites (tertiary alicyclic amines) is 1. The Balaban J connectivity index is 1.76. The van der Waals surface area contributed by atoms with E-state index < -0.39 is 11.6 Å². The fourth-order valence-electron chi connectivity index (χ4n) is 3.31. The van der Waals surface area contributed by atoms with E-state index in [2.05, 4.69) is 6.07 Å². The summed E-state index contributed by atoms with van der Waals surface area (Å²) in [5.41, 5.74) is 1.63. The van der Waals surface area contributed by atoms with Gasteiger partial charge in [0.1, 0.15) is 11.6 Å². The van der Waals surface area contributed by atoms with Gasteiger partial charge in [-0.25, -0.2) is 4.79 Å². The number of hydrogen-bond acceptors (Lipinski definition) is 3.